The Labute approximate surface area is 115 Å². The van der Waals surface area contributed by atoms with Crippen LogP contribution in [-0.4, -0.2) is 11.0 Å². The van der Waals surface area contributed by atoms with E-state index in [0.29, 0.717) is 11.5 Å². The van der Waals surface area contributed by atoms with Gasteiger partial charge in [0.15, 0.2) is 0 Å². The van der Waals surface area contributed by atoms with Crippen molar-refractivity contribution in [1.82, 2.24) is 10.3 Å². The van der Waals surface area contributed by atoms with E-state index >= 15 is 0 Å². The lowest BCUT2D eigenvalue weighted by molar-refractivity contribution is 0.160. The number of nitrogens with one attached hydrogen (secondary N) is 1. The summed E-state index contributed by atoms with van der Waals surface area (Å²) in [6.07, 6.45) is 5.42. The van der Waals surface area contributed by atoms with Gasteiger partial charge >= 0.3 is 0 Å². The Balaban J connectivity index is 1.76. The first kappa shape index (κ1) is 14.0. The molecule has 1 aromatic heterocycles. The van der Waals surface area contributed by atoms with Gasteiger partial charge in [-0.2, -0.15) is 0 Å². The van der Waals surface area contributed by atoms with E-state index in [2.05, 4.69) is 38.0 Å². The van der Waals surface area contributed by atoms with Crippen LogP contribution >= 0.6 is 11.3 Å². The third-order valence-corrected chi connectivity index (χ3v) is 5.28. The molecule has 0 saturated heterocycles. The van der Waals surface area contributed by atoms with Crippen molar-refractivity contribution in [3.05, 3.63) is 16.1 Å². The summed E-state index contributed by atoms with van der Waals surface area (Å²) >= 11 is 1.77. The molecule has 0 radical (unpaired) electrons. The molecule has 1 heterocycles. The molecule has 1 fully saturated rings. The average Bonchev–Trinajstić information content (AvgIpc) is 2.72. The molecule has 0 bridgehead atoms. The second-order valence-corrected chi connectivity index (χ2v) is 7.60. The highest BCUT2D eigenvalue weighted by atomic mass is 32.1. The zero-order chi connectivity index (χ0) is 13.2. The van der Waals surface area contributed by atoms with E-state index in [9.17, 15) is 0 Å². The Hall–Kier alpha value is -0.410. The highest BCUT2D eigenvalue weighted by Gasteiger charge is 2.29. The maximum atomic E-state index is 4.30. The van der Waals surface area contributed by atoms with Crippen LogP contribution in [0.2, 0.25) is 0 Å². The average molecular weight is 266 g/mol. The molecule has 0 amide bonds. The van der Waals surface area contributed by atoms with Crippen molar-refractivity contribution in [2.24, 2.45) is 11.3 Å². The highest BCUT2D eigenvalue weighted by Crippen LogP contribution is 2.37. The van der Waals surface area contributed by atoms with Gasteiger partial charge in [0, 0.05) is 17.5 Å². The monoisotopic (exact) mass is 266 g/mol. The number of thiazole rings is 1. The van der Waals surface area contributed by atoms with E-state index in [0.717, 1.165) is 12.5 Å². The molecule has 0 unspecified atom stereocenters. The van der Waals surface area contributed by atoms with Crippen LogP contribution in [0.5, 0.6) is 0 Å². The summed E-state index contributed by atoms with van der Waals surface area (Å²) in [7, 11) is 0. The van der Waals surface area contributed by atoms with Crippen LogP contribution < -0.4 is 5.32 Å². The lowest BCUT2D eigenvalue weighted by Crippen LogP contribution is -2.35. The van der Waals surface area contributed by atoms with Crippen LogP contribution in [0.3, 0.4) is 0 Å². The van der Waals surface area contributed by atoms with Crippen LogP contribution in [0.4, 0.5) is 0 Å². The van der Waals surface area contributed by atoms with E-state index in [1.54, 1.807) is 11.3 Å². The quantitative estimate of drug-likeness (QED) is 0.889. The summed E-state index contributed by atoms with van der Waals surface area (Å²) in [6, 6.07) is 0.713. The fraction of sp³-hybridized carbons (Fsp3) is 0.800. The Kier molecular flexibility index (Phi) is 4.44. The first-order chi connectivity index (χ1) is 8.47. The van der Waals surface area contributed by atoms with Gasteiger partial charge in [-0.25, -0.2) is 4.98 Å². The Bertz CT molecular complexity index is 370. The molecule has 2 rings (SSSR count). The Morgan fingerprint density at radius 2 is 1.94 bits per heavy atom. The van der Waals surface area contributed by atoms with Crippen molar-refractivity contribution < 1.29 is 0 Å². The van der Waals surface area contributed by atoms with Gasteiger partial charge in [-0.1, -0.05) is 20.8 Å². The third-order valence-electron chi connectivity index (χ3n) is 4.35. The van der Waals surface area contributed by atoms with Crippen molar-refractivity contribution in [1.29, 1.82) is 0 Å². The van der Waals surface area contributed by atoms with Gasteiger partial charge in [-0.3, -0.25) is 0 Å². The molecule has 0 aliphatic heterocycles. The molecular weight excluding hydrogens is 240 g/mol. The van der Waals surface area contributed by atoms with Crippen molar-refractivity contribution in [3.8, 4) is 0 Å². The highest BCUT2D eigenvalue weighted by molar-refractivity contribution is 7.09. The van der Waals surface area contributed by atoms with E-state index in [1.807, 2.05) is 5.51 Å². The van der Waals surface area contributed by atoms with Crippen molar-refractivity contribution in [3.63, 3.8) is 0 Å². The molecule has 1 aromatic rings. The van der Waals surface area contributed by atoms with E-state index < -0.39 is 0 Å². The van der Waals surface area contributed by atoms with Crippen LogP contribution in [-0.2, 0) is 6.54 Å². The molecule has 1 saturated carbocycles. The van der Waals surface area contributed by atoms with Crippen molar-refractivity contribution in [2.45, 2.75) is 66.0 Å². The summed E-state index contributed by atoms with van der Waals surface area (Å²) in [5, 5.41) is 3.71. The summed E-state index contributed by atoms with van der Waals surface area (Å²) < 4.78 is 0. The maximum Gasteiger partial charge on any atom is 0.0798 e. The number of rotatable bonds is 3. The minimum atomic E-state index is 0.485. The van der Waals surface area contributed by atoms with Gasteiger partial charge in [-0.15, -0.1) is 11.3 Å². The molecule has 1 aliphatic carbocycles. The SMILES string of the molecule is Cc1ncsc1CNC1CCC(C(C)(C)C)CC1. The molecular formula is C15H26N2S. The number of hydrogen-bond donors (Lipinski definition) is 1. The maximum absolute atomic E-state index is 4.30. The smallest absolute Gasteiger partial charge is 0.0798 e. The van der Waals surface area contributed by atoms with Crippen molar-refractivity contribution >= 4 is 11.3 Å². The van der Waals surface area contributed by atoms with Crippen LogP contribution in [0.1, 0.15) is 57.0 Å². The molecule has 102 valence electrons. The van der Waals surface area contributed by atoms with Gasteiger partial charge in [0.1, 0.15) is 0 Å². The fourth-order valence-electron chi connectivity index (χ4n) is 2.90. The zero-order valence-electron chi connectivity index (χ0n) is 12.1. The normalized spacial score (nSPS) is 25.3. The largest absolute Gasteiger partial charge is 0.309 e. The van der Waals surface area contributed by atoms with Gasteiger partial charge < -0.3 is 5.32 Å². The van der Waals surface area contributed by atoms with Crippen LogP contribution in [0, 0.1) is 18.3 Å². The standard InChI is InChI=1S/C15H26N2S/c1-11-14(18-10-17-11)9-16-13-7-5-12(6-8-13)15(2,3)4/h10,12-13,16H,5-9H2,1-4H3. The van der Waals surface area contributed by atoms with E-state index in [4.69, 9.17) is 0 Å². The molecule has 0 aromatic carbocycles. The number of aryl methyl sites for hydroxylation is 1. The molecule has 18 heavy (non-hydrogen) atoms. The number of hydrogen-bond acceptors (Lipinski definition) is 3. The first-order valence-corrected chi connectivity index (χ1v) is 7.97. The molecule has 1 aliphatic rings. The van der Waals surface area contributed by atoms with Crippen LogP contribution in [0.25, 0.3) is 0 Å². The van der Waals surface area contributed by atoms with Gasteiger partial charge in [0.25, 0.3) is 0 Å². The topological polar surface area (TPSA) is 24.9 Å². The summed E-state index contributed by atoms with van der Waals surface area (Å²) in [5.41, 5.74) is 3.62. The minimum Gasteiger partial charge on any atom is -0.309 e. The predicted molar refractivity (Wildman–Crippen MR) is 78.9 cm³/mol. The number of aromatic nitrogens is 1. The van der Waals surface area contributed by atoms with Crippen molar-refractivity contribution in [2.75, 3.05) is 0 Å². The molecule has 0 atom stereocenters. The van der Waals surface area contributed by atoms with Gasteiger partial charge in [0.05, 0.1) is 11.2 Å². The van der Waals surface area contributed by atoms with E-state index in [-0.39, 0.29) is 0 Å². The second kappa shape index (κ2) is 5.70. The Morgan fingerprint density at radius 1 is 1.28 bits per heavy atom. The molecule has 0 spiro atoms. The van der Waals surface area contributed by atoms with E-state index in [1.165, 1.54) is 36.3 Å². The van der Waals surface area contributed by atoms with Crippen LogP contribution in [0.15, 0.2) is 5.51 Å². The minimum absolute atomic E-state index is 0.485. The lowest BCUT2D eigenvalue weighted by atomic mass is 9.71. The number of nitrogens with zero attached hydrogens (tertiary/aromatic N) is 1. The molecule has 2 nitrogen and oxygen atoms in total. The fourth-order valence-corrected chi connectivity index (χ4v) is 3.62. The summed E-state index contributed by atoms with van der Waals surface area (Å²) in [4.78, 5) is 5.70. The summed E-state index contributed by atoms with van der Waals surface area (Å²) in [6.45, 7) is 10.2. The molecule has 1 N–H and O–H groups in total. The first-order valence-electron chi connectivity index (χ1n) is 7.09. The summed E-state index contributed by atoms with van der Waals surface area (Å²) in [5.74, 6) is 0.903. The zero-order valence-corrected chi connectivity index (χ0v) is 12.9. The second-order valence-electron chi connectivity index (χ2n) is 6.66. The lowest BCUT2D eigenvalue weighted by Gasteiger charge is -2.37. The third kappa shape index (κ3) is 3.55. The van der Waals surface area contributed by atoms with Gasteiger partial charge in [-0.05, 0) is 43.9 Å². The predicted octanol–water partition coefficient (Wildman–Crippen LogP) is 4.15. The molecule has 3 heteroatoms. The van der Waals surface area contributed by atoms with Gasteiger partial charge in [0.2, 0.25) is 0 Å². The Morgan fingerprint density at radius 3 is 2.44 bits per heavy atom.